The third kappa shape index (κ3) is 3.00. The molecule has 3 aliphatic carbocycles. The number of ether oxygens (including phenoxy) is 1. The molecule has 0 aromatic heterocycles. The molecule has 3 rings (SSSR count). The van der Waals surface area contributed by atoms with E-state index in [1.807, 2.05) is 0 Å². The summed E-state index contributed by atoms with van der Waals surface area (Å²) in [6.07, 6.45) is 14.7. The smallest absolute Gasteiger partial charge is 0.0661 e. The van der Waals surface area contributed by atoms with Crippen molar-refractivity contribution in [2.24, 2.45) is 11.3 Å². The van der Waals surface area contributed by atoms with E-state index in [4.69, 9.17) is 4.74 Å². The molecule has 0 bridgehead atoms. The van der Waals surface area contributed by atoms with Crippen molar-refractivity contribution in [3.8, 4) is 0 Å². The van der Waals surface area contributed by atoms with Crippen LogP contribution in [0.1, 0.15) is 71.1 Å². The summed E-state index contributed by atoms with van der Waals surface area (Å²) in [5, 5.41) is 3.87. The van der Waals surface area contributed by atoms with E-state index >= 15 is 0 Å². The van der Waals surface area contributed by atoms with Crippen LogP contribution in [0, 0.1) is 11.3 Å². The highest BCUT2D eigenvalue weighted by Gasteiger charge is 2.55. The molecule has 3 fully saturated rings. The zero-order valence-corrected chi connectivity index (χ0v) is 12.6. The van der Waals surface area contributed by atoms with E-state index in [0.717, 1.165) is 18.6 Å². The number of hydrogen-bond acceptors (Lipinski definition) is 2. The van der Waals surface area contributed by atoms with Crippen molar-refractivity contribution < 1.29 is 4.74 Å². The van der Waals surface area contributed by atoms with Gasteiger partial charge in [-0.15, -0.1) is 0 Å². The van der Waals surface area contributed by atoms with E-state index in [0.29, 0.717) is 11.5 Å². The van der Waals surface area contributed by atoms with Crippen LogP contribution in [0.15, 0.2) is 0 Å². The summed E-state index contributed by atoms with van der Waals surface area (Å²) in [7, 11) is 0. The van der Waals surface area contributed by atoms with Gasteiger partial charge >= 0.3 is 0 Å². The predicted molar refractivity (Wildman–Crippen MR) is 79.3 cm³/mol. The lowest BCUT2D eigenvalue weighted by atomic mass is 9.55. The van der Waals surface area contributed by atoms with E-state index < -0.39 is 0 Å². The lowest BCUT2D eigenvalue weighted by Gasteiger charge is -2.58. The first-order valence-corrected chi connectivity index (χ1v) is 8.70. The molecular weight excluding hydrogens is 234 g/mol. The Kier molecular flexibility index (Phi) is 4.48. The van der Waals surface area contributed by atoms with Crippen LogP contribution >= 0.6 is 0 Å². The molecule has 0 aromatic rings. The third-order valence-electron chi connectivity index (χ3n) is 5.81. The third-order valence-corrected chi connectivity index (χ3v) is 5.81. The predicted octanol–water partition coefficient (Wildman–Crippen LogP) is 3.89. The first-order valence-electron chi connectivity index (χ1n) is 8.70. The fourth-order valence-corrected chi connectivity index (χ4v) is 4.42. The lowest BCUT2D eigenvalue weighted by molar-refractivity contribution is -0.149. The van der Waals surface area contributed by atoms with Crippen LogP contribution in [-0.2, 0) is 4.74 Å². The molecular formula is C17H31NO. The average molecular weight is 265 g/mol. The summed E-state index contributed by atoms with van der Waals surface area (Å²) in [5.41, 5.74) is 0.508. The first kappa shape index (κ1) is 13.9. The fourth-order valence-electron chi connectivity index (χ4n) is 4.42. The van der Waals surface area contributed by atoms with Crippen molar-refractivity contribution in [1.82, 2.24) is 5.32 Å². The molecule has 2 nitrogen and oxygen atoms in total. The second-order valence-electron chi connectivity index (χ2n) is 7.07. The maximum atomic E-state index is 6.02. The second kappa shape index (κ2) is 6.13. The molecule has 3 aliphatic rings. The molecule has 110 valence electrons. The van der Waals surface area contributed by atoms with E-state index in [-0.39, 0.29) is 0 Å². The monoisotopic (exact) mass is 265 g/mol. The van der Waals surface area contributed by atoms with Crippen molar-refractivity contribution in [2.45, 2.75) is 83.3 Å². The molecule has 0 amide bonds. The molecule has 19 heavy (non-hydrogen) atoms. The van der Waals surface area contributed by atoms with Gasteiger partial charge in [0.05, 0.1) is 6.10 Å². The molecule has 1 spiro atoms. The number of hydrogen-bond donors (Lipinski definition) is 1. The second-order valence-corrected chi connectivity index (χ2v) is 7.07. The highest BCUT2D eigenvalue weighted by atomic mass is 16.5. The largest absolute Gasteiger partial charge is 0.378 e. The fraction of sp³-hybridized carbons (Fsp3) is 1.00. The molecule has 2 unspecified atom stereocenters. The SMILES string of the molecule is CCOC1CC(NCCCC2CC2)C12CCCCC2. The number of nitrogens with one attached hydrogen (secondary N) is 1. The summed E-state index contributed by atoms with van der Waals surface area (Å²) in [4.78, 5) is 0. The van der Waals surface area contributed by atoms with Crippen LogP contribution in [-0.4, -0.2) is 25.3 Å². The first-order chi connectivity index (χ1) is 9.35. The molecule has 0 radical (unpaired) electrons. The van der Waals surface area contributed by atoms with Crippen LogP contribution in [0.3, 0.4) is 0 Å². The normalized spacial score (nSPS) is 33.3. The minimum absolute atomic E-state index is 0.508. The van der Waals surface area contributed by atoms with Gasteiger partial charge in [-0.05, 0) is 51.5 Å². The zero-order chi connectivity index (χ0) is 13.1. The van der Waals surface area contributed by atoms with Crippen molar-refractivity contribution >= 4 is 0 Å². The van der Waals surface area contributed by atoms with Gasteiger partial charge in [0, 0.05) is 18.1 Å². The molecule has 0 saturated heterocycles. The zero-order valence-electron chi connectivity index (χ0n) is 12.6. The van der Waals surface area contributed by atoms with Crippen LogP contribution < -0.4 is 5.32 Å². The maximum absolute atomic E-state index is 6.02. The number of rotatable bonds is 7. The van der Waals surface area contributed by atoms with Gasteiger partial charge in [-0.3, -0.25) is 0 Å². The highest BCUT2D eigenvalue weighted by Crippen LogP contribution is 2.53. The van der Waals surface area contributed by atoms with Gasteiger partial charge in [0.2, 0.25) is 0 Å². The minimum atomic E-state index is 0.508. The Hall–Kier alpha value is -0.0800. The van der Waals surface area contributed by atoms with Crippen LogP contribution in [0.5, 0.6) is 0 Å². The molecule has 0 heterocycles. The quantitative estimate of drug-likeness (QED) is 0.705. The van der Waals surface area contributed by atoms with E-state index in [1.165, 1.54) is 70.8 Å². The van der Waals surface area contributed by atoms with E-state index in [1.54, 1.807) is 0 Å². The molecule has 0 aliphatic heterocycles. The Morgan fingerprint density at radius 1 is 1.16 bits per heavy atom. The standard InChI is InChI=1S/C17H31NO/c1-2-19-16-13-15(17(16)10-4-3-5-11-17)18-12-6-7-14-8-9-14/h14-16,18H,2-13H2,1H3. The van der Waals surface area contributed by atoms with Crippen LogP contribution in [0.25, 0.3) is 0 Å². The summed E-state index contributed by atoms with van der Waals surface area (Å²) < 4.78 is 6.02. The molecule has 3 saturated carbocycles. The Morgan fingerprint density at radius 2 is 1.95 bits per heavy atom. The Morgan fingerprint density at radius 3 is 2.63 bits per heavy atom. The van der Waals surface area contributed by atoms with Gasteiger partial charge in [-0.1, -0.05) is 32.1 Å². The van der Waals surface area contributed by atoms with Gasteiger partial charge in [-0.25, -0.2) is 0 Å². The summed E-state index contributed by atoms with van der Waals surface area (Å²) in [6.45, 7) is 4.27. The summed E-state index contributed by atoms with van der Waals surface area (Å²) in [5.74, 6) is 1.09. The topological polar surface area (TPSA) is 21.3 Å². The maximum Gasteiger partial charge on any atom is 0.0661 e. The van der Waals surface area contributed by atoms with Crippen molar-refractivity contribution in [2.75, 3.05) is 13.2 Å². The van der Waals surface area contributed by atoms with Crippen LogP contribution in [0.2, 0.25) is 0 Å². The van der Waals surface area contributed by atoms with Crippen LogP contribution in [0.4, 0.5) is 0 Å². The van der Waals surface area contributed by atoms with Crippen molar-refractivity contribution in [3.05, 3.63) is 0 Å². The molecule has 2 heteroatoms. The lowest BCUT2D eigenvalue weighted by Crippen LogP contribution is -2.64. The van der Waals surface area contributed by atoms with Gasteiger partial charge in [0.25, 0.3) is 0 Å². The molecule has 2 atom stereocenters. The highest BCUT2D eigenvalue weighted by molar-refractivity contribution is 5.08. The van der Waals surface area contributed by atoms with Gasteiger partial charge in [0.15, 0.2) is 0 Å². The minimum Gasteiger partial charge on any atom is -0.378 e. The molecule has 0 aromatic carbocycles. The van der Waals surface area contributed by atoms with Crippen molar-refractivity contribution in [3.63, 3.8) is 0 Å². The Balaban J connectivity index is 1.46. The Labute approximate surface area is 118 Å². The van der Waals surface area contributed by atoms with Gasteiger partial charge in [-0.2, -0.15) is 0 Å². The molecule has 1 N–H and O–H groups in total. The average Bonchev–Trinajstić information content (AvgIpc) is 3.26. The van der Waals surface area contributed by atoms with Crippen molar-refractivity contribution in [1.29, 1.82) is 0 Å². The van der Waals surface area contributed by atoms with Gasteiger partial charge < -0.3 is 10.1 Å². The van der Waals surface area contributed by atoms with E-state index in [2.05, 4.69) is 12.2 Å². The van der Waals surface area contributed by atoms with E-state index in [9.17, 15) is 0 Å². The Bertz CT molecular complexity index is 281. The summed E-state index contributed by atoms with van der Waals surface area (Å²) >= 11 is 0. The summed E-state index contributed by atoms with van der Waals surface area (Å²) in [6, 6.07) is 0.753. The van der Waals surface area contributed by atoms with Gasteiger partial charge in [0.1, 0.15) is 0 Å².